The molecule has 0 bridgehead atoms. The van der Waals surface area contributed by atoms with Crippen LogP contribution in [0, 0.1) is 11.6 Å². The van der Waals surface area contributed by atoms with E-state index in [9.17, 15) is 13.6 Å². The lowest BCUT2D eigenvalue weighted by molar-refractivity contribution is -0.139. The van der Waals surface area contributed by atoms with Crippen molar-refractivity contribution >= 4 is 5.91 Å². The van der Waals surface area contributed by atoms with E-state index < -0.39 is 5.82 Å². The Morgan fingerprint density at radius 3 is 2.77 bits per heavy atom. The molecule has 1 aliphatic rings. The summed E-state index contributed by atoms with van der Waals surface area (Å²) in [6, 6.07) is 11.8. The van der Waals surface area contributed by atoms with Gasteiger partial charge in [0.15, 0.2) is 0 Å². The molecular formula is C19H15F2N3O2. The lowest BCUT2D eigenvalue weighted by Crippen LogP contribution is -2.46. The van der Waals surface area contributed by atoms with Crippen molar-refractivity contribution in [2.75, 3.05) is 6.54 Å². The van der Waals surface area contributed by atoms with Gasteiger partial charge in [-0.25, -0.2) is 8.78 Å². The minimum absolute atomic E-state index is 0.0198. The van der Waals surface area contributed by atoms with Crippen LogP contribution < -0.4 is 0 Å². The number of rotatable bonds is 4. The van der Waals surface area contributed by atoms with Crippen LogP contribution >= 0.6 is 0 Å². The Morgan fingerprint density at radius 1 is 1.19 bits per heavy atom. The first-order chi connectivity index (χ1) is 12.6. The number of hydrogen-bond donors (Lipinski definition) is 0. The Kier molecular flexibility index (Phi) is 4.20. The minimum atomic E-state index is -0.399. The summed E-state index contributed by atoms with van der Waals surface area (Å²) in [4.78, 5) is 18.4. The molecule has 3 aromatic rings. The highest BCUT2D eigenvalue weighted by atomic mass is 19.1. The number of nitrogens with zero attached hydrogens (tertiary/aromatic N) is 3. The molecule has 1 saturated heterocycles. The van der Waals surface area contributed by atoms with Crippen molar-refractivity contribution in [1.82, 2.24) is 15.0 Å². The van der Waals surface area contributed by atoms with Gasteiger partial charge in [0.05, 0.1) is 6.42 Å². The predicted molar refractivity (Wildman–Crippen MR) is 88.9 cm³/mol. The molecule has 2 aromatic carbocycles. The Morgan fingerprint density at radius 2 is 2.04 bits per heavy atom. The van der Waals surface area contributed by atoms with E-state index in [0.29, 0.717) is 30.0 Å². The fourth-order valence-electron chi connectivity index (χ4n) is 2.96. The molecule has 0 N–H and O–H groups in total. The predicted octanol–water partition coefficient (Wildman–Crippen LogP) is 3.53. The molecular weight excluding hydrogens is 340 g/mol. The molecule has 132 valence electrons. The van der Waals surface area contributed by atoms with Crippen LogP contribution in [0.25, 0.3) is 11.4 Å². The lowest BCUT2D eigenvalue weighted by Gasteiger charge is -2.38. The molecule has 5 nitrogen and oxygen atoms in total. The molecule has 1 aliphatic heterocycles. The second-order valence-corrected chi connectivity index (χ2v) is 6.13. The summed E-state index contributed by atoms with van der Waals surface area (Å²) in [5, 5.41) is 3.87. The third kappa shape index (κ3) is 3.08. The van der Waals surface area contributed by atoms with Gasteiger partial charge in [-0.1, -0.05) is 35.5 Å². The van der Waals surface area contributed by atoms with E-state index in [1.807, 2.05) is 0 Å². The number of carbonyl (C=O) groups is 1. The molecule has 1 aromatic heterocycles. The van der Waals surface area contributed by atoms with E-state index in [0.717, 1.165) is 0 Å². The zero-order valence-electron chi connectivity index (χ0n) is 13.7. The minimum Gasteiger partial charge on any atom is -0.337 e. The number of aromatic nitrogens is 2. The second kappa shape index (κ2) is 6.67. The number of amides is 1. The van der Waals surface area contributed by atoms with Crippen LogP contribution in [0.4, 0.5) is 8.78 Å². The largest absolute Gasteiger partial charge is 0.337 e. The number of carbonyl (C=O) groups excluding carboxylic acids is 1. The van der Waals surface area contributed by atoms with E-state index in [-0.39, 0.29) is 30.0 Å². The summed E-state index contributed by atoms with van der Waals surface area (Å²) in [7, 11) is 0. The van der Waals surface area contributed by atoms with Crippen LogP contribution in [0.5, 0.6) is 0 Å². The molecule has 1 amide bonds. The maximum absolute atomic E-state index is 13.7. The molecule has 0 unspecified atom stereocenters. The molecule has 26 heavy (non-hydrogen) atoms. The third-order valence-corrected chi connectivity index (χ3v) is 4.45. The molecule has 4 rings (SSSR count). The Bertz CT molecular complexity index is 957. The first-order valence-corrected chi connectivity index (χ1v) is 8.24. The molecule has 7 heteroatoms. The zero-order valence-corrected chi connectivity index (χ0v) is 13.7. The summed E-state index contributed by atoms with van der Waals surface area (Å²) in [6.07, 6.45) is 0.669. The van der Waals surface area contributed by atoms with Crippen molar-refractivity contribution in [1.29, 1.82) is 0 Å². The van der Waals surface area contributed by atoms with Gasteiger partial charge >= 0.3 is 0 Å². The van der Waals surface area contributed by atoms with Gasteiger partial charge in [-0.2, -0.15) is 4.98 Å². The highest BCUT2D eigenvalue weighted by molar-refractivity contribution is 5.80. The topological polar surface area (TPSA) is 59.2 Å². The molecule has 0 radical (unpaired) electrons. The van der Waals surface area contributed by atoms with E-state index in [1.165, 1.54) is 18.2 Å². The lowest BCUT2D eigenvalue weighted by atomic mass is 10.0. The smallest absolute Gasteiger partial charge is 0.249 e. The van der Waals surface area contributed by atoms with Gasteiger partial charge in [0.2, 0.25) is 17.6 Å². The average Bonchev–Trinajstić information content (AvgIpc) is 3.05. The van der Waals surface area contributed by atoms with Crippen molar-refractivity contribution in [2.24, 2.45) is 0 Å². The van der Waals surface area contributed by atoms with Gasteiger partial charge in [0.25, 0.3) is 0 Å². The SMILES string of the molecule is O=C(Cc1ccccc1F)N1CC[C@H]1c1nc(-c2cccc(F)c2)no1. The molecule has 1 fully saturated rings. The number of benzene rings is 2. The van der Waals surface area contributed by atoms with Crippen LogP contribution in [0.15, 0.2) is 53.1 Å². The first-order valence-electron chi connectivity index (χ1n) is 8.24. The monoisotopic (exact) mass is 355 g/mol. The molecule has 2 heterocycles. The summed E-state index contributed by atoms with van der Waals surface area (Å²) in [6.45, 7) is 0.551. The summed E-state index contributed by atoms with van der Waals surface area (Å²) in [5.41, 5.74) is 0.859. The summed E-state index contributed by atoms with van der Waals surface area (Å²) < 4.78 is 32.3. The summed E-state index contributed by atoms with van der Waals surface area (Å²) >= 11 is 0. The number of halogens is 2. The summed E-state index contributed by atoms with van der Waals surface area (Å²) in [5.74, 6) is -0.412. The Balaban J connectivity index is 1.49. The third-order valence-electron chi connectivity index (χ3n) is 4.45. The van der Waals surface area contributed by atoms with Crippen molar-refractivity contribution in [2.45, 2.75) is 18.9 Å². The van der Waals surface area contributed by atoms with Gasteiger partial charge in [-0.15, -0.1) is 0 Å². The van der Waals surface area contributed by atoms with Gasteiger partial charge in [0, 0.05) is 12.1 Å². The van der Waals surface area contributed by atoms with Crippen molar-refractivity contribution in [3.05, 3.63) is 71.6 Å². The standard InChI is InChI=1S/C19H15F2N3O2/c20-14-6-3-5-13(10-14)18-22-19(26-23-18)16-8-9-24(16)17(25)11-12-4-1-2-7-15(12)21/h1-7,10,16H,8-9,11H2/t16-/m0/s1. The van der Waals surface area contributed by atoms with Gasteiger partial charge in [0.1, 0.15) is 17.7 Å². The Hall–Kier alpha value is -3.09. The first kappa shape index (κ1) is 16.4. The van der Waals surface area contributed by atoms with Crippen LogP contribution in [-0.4, -0.2) is 27.5 Å². The molecule has 1 atom stereocenters. The normalized spacial score (nSPS) is 16.4. The molecule has 0 spiro atoms. The van der Waals surface area contributed by atoms with Gasteiger partial charge < -0.3 is 9.42 Å². The highest BCUT2D eigenvalue weighted by Crippen LogP contribution is 2.33. The van der Waals surface area contributed by atoms with Crippen LogP contribution in [0.3, 0.4) is 0 Å². The van der Waals surface area contributed by atoms with E-state index in [2.05, 4.69) is 10.1 Å². The van der Waals surface area contributed by atoms with E-state index in [4.69, 9.17) is 4.52 Å². The van der Waals surface area contributed by atoms with Crippen LogP contribution in [0.1, 0.15) is 23.9 Å². The number of hydrogen-bond acceptors (Lipinski definition) is 4. The van der Waals surface area contributed by atoms with Crippen molar-refractivity contribution < 1.29 is 18.1 Å². The maximum Gasteiger partial charge on any atom is 0.249 e. The van der Waals surface area contributed by atoms with E-state index >= 15 is 0 Å². The fourth-order valence-corrected chi connectivity index (χ4v) is 2.96. The highest BCUT2D eigenvalue weighted by Gasteiger charge is 2.37. The van der Waals surface area contributed by atoms with Crippen LogP contribution in [-0.2, 0) is 11.2 Å². The fraction of sp³-hybridized carbons (Fsp3) is 0.211. The number of likely N-dealkylation sites (tertiary alicyclic amines) is 1. The average molecular weight is 355 g/mol. The van der Waals surface area contributed by atoms with Crippen LogP contribution in [0.2, 0.25) is 0 Å². The molecule has 0 aliphatic carbocycles. The molecule has 0 saturated carbocycles. The second-order valence-electron chi connectivity index (χ2n) is 6.13. The van der Waals surface area contributed by atoms with E-state index in [1.54, 1.807) is 35.2 Å². The quantitative estimate of drug-likeness (QED) is 0.718. The zero-order chi connectivity index (χ0) is 18.1. The van der Waals surface area contributed by atoms with Gasteiger partial charge in [-0.3, -0.25) is 4.79 Å². The maximum atomic E-state index is 13.7. The van der Waals surface area contributed by atoms with Gasteiger partial charge in [-0.05, 0) is 30.2 Å². The van der Waals surface area contributed by atoms with Crippen molar-refractivity contribution in [3.8, 4) is 11.4 Å². The van der Waals surface area contributed by atoms with Crippen molar-refractivity contribution in [3.63, 3.8) is 0 Å². The Labute approximate surface area is 148 Å².